The number of non-ortho nitro benzene ring substituents is 1. The molecule has 1 aromatic heterocycles. The molecular formula is C23H15Cl3N4O5. The normalized spacial score (nSPS) is 10.6. The van der Waals surface area contributed by atoms with Crippen LogP contribution < -0.4 is 14.8 Å². The van der Waals surface area contributed by atoms with E-state index in [9.17, 15) is 14.9 Å². The average Bonchev–Trinajstić information content (AvgIpc) is 3.29. The molecule has 4 rings (SSSR count). The van der Waals surface area contributed by atoms with Crippen LogP contribution in [0.25, 0.3) is 0 Å². The Bertz CT molecular complexity index is 1390. The first-order valence-corrected chi connectivity index (χ1v) is 11.1. The number of hydrogen-bond acceptors (Lipinski definition) is 6. The summed E-state index contributed by atoms with van der Waals surface area (Å²) in [5.41, 5.74) is -0.0278. The number of benzene rings is 3. The number of carbonyl (C=O) groups is 1. The zero-order valence-corrected chi connectivity index (χ0v) is 19.9. The van der Waals surface area contributed by atoms with Gasteiger partial charge in [-0.1, -0.05) is 34.8 Å². The molecule has 0 bridgehead atoms. The van der Waals surface area contributed by atoms with Crippen molar-refractivity contribution in [2.75, 3.05) is 5.32 Å². The summed E-state index contributed by atoms with van der Waals surface area (Å²) in [6, 6.07) is 16.7. The fraction of sp³-hybridized carbons (Fsp3) is 0.0435. The number of nitrogens with one attached hydrogen (secondary N) is 1. The second kappa shape index (κ2) is 10.6. The quantitative estimate of drug-likeness (QED) is 0.196. The molecular weight excluding hydrogens is 519 g/mol. The van der Waals surface area contributed by atoms with Gasteiger partial charge < -0.3 is 14.8 Å². The van der Waals surface area contributed by atoms with Crippen LogP contribution in [0.1, 0.15) is 10.5 Å². The van der Waals surface area contributed by atoms with Gasteiger partial charge in [0.1, 0.15) is 17.2 Å². The Labute approximate surface area is 213 Å². The molecule has 3 aromatic carbocycles. The predicted octanol–water partition coefficient (Wildman–Crippen LogP) is 6.83. The molecule has 35 heavy (non-hydrogen) atoms. The number of nitro groups is 1. The van der Waals surface area contributed by atoms with Crippen molar-refractivity contribution in [1.82, 2.24) is 9.78 Å². The highest BCUT2D eigenvalue weighted by Gasteiger charge is 2.16. The third kappa shape index (κ3) is 6.42. The number of halogens is 3. The standard InChI is InChI=1S/C23H15Cl3N4O5/c24-14-1-4-18(5-2-14)35-19-11-16(10-17(12-19)30(32)33)27-23(31)21-7-8-29(28-21)13-34-22-6-3-15(25)9-20(22)26/h1-12H,13H2,(H,27,31). The lowest BCUT2D eigenvalue weighted by Crippen LogP contribution is -2.14. The van der Waals surface area contributed by atoms with E-state index in [1.165, 1.54) is 28.9 Å². The molecule has 1 heterocycles. The molecule has 0 atom stereocenters. The zero-order valence-electron chi connectivity index (χ0n) is 17.7. The molecule has 9 nitrogen and oxygen atoms in total. The number of carbonyl (C=O) groups excluding carboxylic acids is 1. The van der Waals surface area contributed by atoms with Crippen molar-refractivity contribution >= 4 is 52.1 Å². The van der Waals surface area contributed by atoms with Crippen LogP contribution in [0.15, 0.2) is 72.9 Å². The predicted molar refractivity (Wildman–Crippen MR) is 132 cm³/mol. The number of ether oxygens (including phenoxy) is 2. The van der Waals surface area contributed by atoms with E-state index in [1.54, 1.807) is 48.7 Å². The summed E-state index contributed by atoms with van der Waals surface area (Å²) >= 11 is 17.8. The van der Waals surface area contributed by atoms with Crippen LogP contribution in [0.4, 0.5) is 11.4 Å². The maximum absolute atomic E-state index is 12.7. The summed E-state index contributed by atoms with van der Waals surface area (Å²) < 4.78 is 12.7. The molecule has 12 heteroatoms. The van der Waals surface area contributed by atoms with Crippen LogP contribution in [-0.2, 0) is 6.73 Å². The monoisotopic (exact) mass is 532 g/mol. The van der Waals surface area contributed by atoms with Crippen LogP contribution in [0, 0.1) is 10.1 Å². The SMILES string of the molecule is O=C(Nc1cc(Oc2ccc(Cl)cc2)cc([N+](=O)[O-])c1)c1ccn(COc2ccc(Cl)cc2Cl)n1. The summed E-state index contributed by atoms with van der Waals surface area (Å²) in [7, 11) is 0. The number of anilines is 1. The molecule has 1 amide bonds. The van der Waals surface area contributed by atoms with Crippen molar-refractivity contribution in [3.63, 3.8) is 0 Å². The molecule has 0 aliphatic rings. The molecule has 0 saturated carbocycles. The van der Waals surface area contributed by atoms with Crippen LogP contribution in [0.3, 0.4) is 0 Å². The molecule has 0 saturated heterocycles. The Morgan fingerprint density at radius 3 is 2.43 bits per heavy atom. The van der Waals surface area contributed by atoms with Gasteiger partial charge in [-0.05, 0) is 48.5 Å². The molecule has 1 N–H and O–H groups in total. The van der Waals surface area contributed by atoms with E-state index in [0.717, 1.165) is 0 Å². The third-order valence-corrected chi connectivity index (χ3v) is 5.31. The van der Waals surface area contributed by atoms with Gasteiger partial charge in [-0.2, -0.15) is 5.10 Å². The summed E-state index contributed by atoms with van der Waals surface area (Å²) in [4.78, 5) is 23.5. The third-order valence-electron chi connectivity index (χ3n) is 4.53. The lowest BCUT2D eigenvalue weighted by atomic mass is 10.2. The second-order valence-corrected chi connectivity index (χ2v) is 8.35. The van der Waals surface area contributed by atoms with Gasteiger partial charge in [-0.3, -0.25) is 14.9 Å². The number of rotatable bonds is 8. The Kier molecular flexibility index (Phi) is 7.40. The minimum absolute atomic E-state index is 0.00940. The van der Waals surface area contributed by atoms with Gasteiger partial charge in [0, 0.05) is 28.4 Å². The van der Waals surface area contributed by atoms with Gasteiger partial charge in [0.2, 0.25) is 0 Å². The molecule has 4 aromatic rings. The molecule has 0 unspecified atom stereocenters. The van der Waals surface area contributed by atoms with E-state index in [2.05, 4.69) is 10.4 Å². The summed E-state index contributed by atoms with van der Waals surface area (Å²) in [5, 5.41) is 19.5. The second-order valence-electron chi connectivity index (χ2n) is 7.07. The van der Waals surface area contributed by atoms with Gasteiger partial charge in [-0.25, -0.2) is 4.68 Å². The number of hydrogen-bond donors (Lipinski definition) is 1. The number of amides is 1. The molecule has 0 spiro atoms. The summed E-state index contributed by atoms with van der Waals surface area (Å²) in [6.45, 7) is -0.00940. The Balaban J connectivity index is 1.46. The summed E-state index contributed by atoms with van der Waals surface area (Å²) in [6.07, 6.45) is 1.54. The summed E-state index contributed by atoms with van der Waals surface area (Å²) in [5.74, 6) is 0.413. The molecule has 0 radical (unpaired) electrons. The van der Waals surface area contributed by atoms with Crippen LogP contribution in [0.5, 0.6) is 17.2 Å². The molecule has 178 valence electrons. The van der Waals surface area contributed by atoms with E-state index < -0.39 is 10.8 Å². The molecule has 0 aliphatic carbocycles. The number of aromatic nitrogens is 2. The first-order valence-electron chi connectivity index (χ1n) is 9.92. The minimum Gasteiger partial charge on any atom is -0.470 e. The average molecular weight is 534 g/mol. The maximum Gasteiger partial charge on any atom is 0.276 e. The minimum atomic E-state index is -0.585. The zero-order chi connectivity index (χ0) is 24.9. The Morgan fingerprint density at radius 2 is 1.71 bits per heavy atom. The van der Waals surface area contributed by atoms with Gasteiger partial charge >= 0.3 is 0 Å². The van der Waals surface area contributed by atoms with E-state index in [4.69, 9.17) is 44.3 Å². The van der Waals surface area contributed by atoms with E-state index in [-0.39, 0.29) is 29.5 Å². The van der Waals surface area contributed by atoms with E-state index in [1.807, 2.05) is 0 Å². The number of nitro benzene ring substituents is 1. The van der Waals surface area contributed by atoms with Gasteiger partial charge in [0.05, 0.1) is 21.7 Å². The van der Waals surface area contributed by atoms with Gasteiger partial charge in [0.25, 0.3) is 11.6 Å². The van der Waals surface area contributed by atoms with Gasteiger partial charge in [0.15, 0.2) is 12.4 Å². The number of nitrogens with zero attached hydrogens (tertiary/aromatic N) is 3. The van der Waals surface area contributed by atoms with Gasteiger partial charge in [-0.15, -0.1) is 0 Å². The van der Waals surface area contributed by atoms with Crippen molar-refractivity contribution in [3.8, 4) is 17.2 Å². The van der Waals surface area contributed by atoms with Crippen molar-refractivity contribution in [2.45, 2.75) is 6.73 Å². The first-order chi connectivity index (χ1) is 16.8. The fourth-order valence-corrected chi connectivity index (χ4v) is 3.53. The largest absolute Gasteiger partial charge is 0.470 e. The Morgan fingerprint density at radius 1 is 0.971 bits per heavy atom. The van der Waals surface area contributed by atoms with Crippen molar-refractivity contribution in [1.29, 1.82) is 0 Å². The van der Waals surface area contributed by atoms with E-state index in [0.29, 0.717) is 26.6 Å². The Hall–Kier alpha value is -3.79. The highest BCUT2D eigenvalue weighted by molar-refractivity contribution is 6.35. The highest BCUT2D eigenvalue weighted by Crippen LogP contribution is 2.31. The van der Waals surface area contributed by atoms with Crippen LogP contribution in [-0.4, -0.2) is 20.6 Å². The lowest BCUT2D eigenvalue weighted by Gasteiger charge is -2.09. The lowest BCUT2D eigenvalue weighted by molar-refractivity contribution is -0.384. The smallest absolute Gasteiger partial charge is 0.276 e. The van der Waals surface area contributed by atoms with Crippen molar-refractivity contribution < 1.29 is 19.2 Å². The first kappa shape index (κ1) is 24.3. The van der Waals surface area contributed by atoms with E-state index >= 15 is 0 Å². The van der Waals surface area contributed by atoms with Crippen molar-refractivity contribution in [3.05, 3.63) is 104 Å². The van der Waals surface area contributed by atoms with Crippen LogP contribution in [0.2, 0.25) is 15.1 Å². The molecule has 0 fully saturated rings. The molecule has 0 aliphatic heterocycles. The fourth-order valence-electron chi connectivity index (χ4n) is 2.94. The topological polar surface area (TPSA) is 109 Å². The van der Waals surface area contributed by atoms with Crippen LogP contribution >= 0.6 is 34.8 Å². The van der Waals surface area contributed by atoms with Crippen molar-refractivity contribution in [2.24, 2.45) is 0 Å². The highest BCUT2D eigenvalue weighted by atomic mass is 35.5. The maximum atomic E-state index is 12.7.